The fourth-order valence-corrected chi connectivity index (χ4v) is 2.93. The molecular formula is C14H20BrClN2O2. The van der Waals surface area contributed by atoms with Gasteiger partial charge in [0.05, 0.1) is 6.61 Å². The van der Waals surface area contributed by atoms with E-state index in [2.05, 4.69) is 27.3 Å². The molecule has 1 aliphatic carbocycles. The van der Waals surface area contributed by atoms with Gasteiger partial charge in [0.15, 0.2) is 0 Å². The van der Waals surface area contributed by atoms with Gasteiger partial charge in [-0.2, -0.15) is 0 Å². The average Bonchev–Trinajstić information content (AvgIpc) is 3.18. The Morgan fingerprint density at radius 2 is 2.15 bits per heavy atom. The minimum atomic E-state index is -0.597. The van der Waals surface area contributed by atoms with Gasteiger partial charge in [-0.1, -0.05) is 34.1 Å². The van der Waals surface area contributed by atoms with Gasteiger partial charge in [-0.05, 0) is 24.5 Å². The molecule has 1 aromatic rings. The highest BCUT2D eigenvalue weighted by atomic mass is 79.9. The number of carbonyl (C=O) groups excluding carboxylic acids is 1. The lowest BCUT2D eigenvalue weighted by atomic mass is 9.96. The fourth-order valence-electron chi connectivity index (χ4n) is 2.23. The second kappa shape index (κ2) is 7.41. The van der Waals surface area contributed by atoms with Crippen molar-refractivity contribution in [3.63, 3.8) is 0 Å². The maximum Gasteiger partial charge on any atom is 0.239 e. The Morgan fingerprint density at radius 1 is 1.50 bits per heavy atom. The molecule has 4 nitrogen and oxygen atoms in total. The smallest absolute Gasteiger partial charge is 0.239 e. The molecule has 0 spiro atoms. The van der Waals surface area contributed by atoms with Gasteiger partial charge in [-0.15, -0.1) is 12.4 Å². The van der Waals surface area contributed by atoms with Crippen LogP contribution in [0.2, 0.25) is 0 Å². The van der Waals surface area contributed by atoms with Crippen LogP contribution in [0.1, 0.15) is 18.4 Å². The summed E-state index contributed by atoms with van der Waals surface area (Å²) in [6.45, 7) is 0.875. The Bertz CT molecular complexity index is 466. The van der Waals surface area contributed by atoms with E-state index >= 15 is 0 Å². The van der Waals surface area contributed by atoms with E-state index in [1.54, 1.807) is 0 Å². The van der Waals surface area contributed by atoms with Gasteiger partial charge in [0.1, 0.15) is 6.04 Å². The lowest BCUT2D eigenvalue weighted by Gasteiger charge is -2.19. The second-order valence-corrected chi connectivity index (χ2v) is 5.89. The molecule has 112 valence electrons. The van der Waals surface area contributed by atoms with E-state index in [1.807, 2.05) is 18.2 Å². The standard InChI is InChI=1S/C14H19BrN2O2.ClH/c1-19-8-12(16)13(18)17-9-14(6-7-14)10-4-2-3-5-11(10)15;/h2-5,12H,6-9,16H2,1H3,(H,17,18);1H. The SMILES string of the molecule is COCC(N)C(=O)NCC1(c2ccccc2Br)CC1.Cl. The number of carbonyl (C=O) groups is 1. The van der Waals surface area contributed by atoms with Crippen LogP contribution in [0.5, 0.6) is 0 Å². The zero-order valence-corrected chi connectivity index (χ0v) is 13.8. The molecule has 0 heterocycles. The number of benzene rings is 1. The molecule has 1 saturated carbocycles. The Kier molecular flexibility index (Phi) is 6.45. The molecule has 1 amide bonds. The van der Waals surface area contributed by atoms with Gasteiger partial charge in [-0.25, -0.2) is 0 Å². The van der Waals surface area contributed by atoms with Gasteiger partial charge in [0, 0.05) is 23.5 Å². The first-order valence-corrected chi connectivity index (χ1v) is 7.15. The number of nitrogens with one attached hydrogen (secondary N) is 1. The molecule has 0 aliphatic heterocycles. The summed E-state index contributed by atoms with van der Waals surface area (Å²) in [7, 11) is 1.54. The van der Waals surface area contributed by atoms with Crippen LogP contribution in [0.4, 0.5) is 0 Å². The van der Waals surface area contributed by atoms with E-state index in [0.29, 0.717) is 6.54 Å². The van der Waals surface area contributed by atoms with Gasteiger partial charge < -0.3 is 15.8 Å². The summed E-state index contributed by atoms with van der Waals surface area (Å²) in [6.07, 6.45) is 2.19. The van der Waals surface area contributed by atoms with E-state index in [9.17, 15) is 4.79 Å². The molecule has 0 saturated heterocycles. The molecule has 2 rings (SSSR count). The minimum absolute atomic E-state index is 0. The molecule has 1 aliphatic rings. The van der Waals surface area contributed by atoms with E-state index in [4.69, 9.17) is 10.5 Å². The predicted molar refractivity (Wildman–Crippen MR) is 85.2 cm³/mol. The number of rotatable bonds is 6. The van der Waals surface area contributed by atoms with Crippen LogP contribution < -0.4 is 11.1 Å². The van der Waals surface area contributed by atoms with Crippen molar-refractivity contribution in [2.45, 2.75) is 24.3 Å². The highest BCUT2D eigenvalue weighted by molar-refractivity contribution is 9.10. The predicted octanol–water partition coefficient (Wildman–Crippen LogP) is 1.99. The second-order valence-electron chi connectivity index (χ2n) is 5.04. The summed E-state index contributed by atoms with van der Waals surface area (Å²) < 4.78 is 5.98. The lowest BCUT2D eigenvalue weighted by Crippen LogP contribution is -2.45. The summed E-state index contributed by atoms with van der Waals surface area (Å²) >= 11 is 3.58. The fraction of sp³-hybridized carbons (Fsp3) is 0.500. The van der Waals surface area contributed by atoms with Crippen molar-refractivity contribution in [2.24, 2.45) is 5.73 Å². The zero-order valence-electron chi connectivity index (χ0n) is 11.4. The summed E-state index contributed by atoms with van der Waals surface area (Å²) in [5, 5.41) is 2.93. The number of methoxy groups -OCH3 is 1. The van der Waals surface area contributed by atoms with Gasteiger partial charge in [0.2, 0.25) is 5.91 Å². The van der Waals surface area contributed by atoms with Crippen molar-refractivity contribution in [3.8, 4) is 0 Å². The quantitative estimate of drug-likeness (QED) is 0.812. The third-order valence-electron chi connectivity index (χ3n) is 3.58. The van der Waals surface area contributed by atoms with Crippen LogP contribution in [0, 0.1) is 0 Å². The van der Waals surface area contributed by atoms with Crippen LogP contribution in [0.3, 0.4) is 0 Å². The number of halogens is 2. The number of hydrogen-bond donors (Lipinski definition) is 2. The topological polar surface area (TPSA) is 64.3 Å². The summed E-state index contributed by atoms with van der Waals surface area (Å²) in [6, 6.07) is 7.57. The number of nitrogens with two attached hydrogens (primary N) is 1. The first-order valence-electron chi connectivity index (χ1n) is 6.36. The molecule has 0 bridgehead atoms. The Hall–Kier alpha value is -0.620. The van der Waals surface area contributed by atoms with E-state index in [1.165, 1.54) is 12.7 Å². The number of ether oxygens (including phenoxy) is 1. The van der Waals surface area contributed by atoms with Crippen molar-refractivity contribution in [2.75, 3.05) is 20.3 Å². The highest BCUT2D eigenvalue weighted by Crippen LogP contribution is 2.49. The maximum atomic E-state index is 11.8. The molecular weight excluding hydrogens is 344 g/mol. The van der Waals surface area contributed by atoms with Crippen molar-refractivity contribution in [1.29, 1.82) is 0 Å². The van der Waals surface area contributed by atoms with Crippen LogP contribution in [0.15, 0.2) is 28.7 Å². The molecule has 1 atom stereocenters. The number of hydrogen-bond acceptors (Lipinski definition) is 3. The third-order valence-corrected chi connectivity index (χ3v) is 4.27. The Labute approximate surface area is 134 Å². The van der Waals surface area contributed by atoms with Crippen molar-refractivity contribution >= 4 is 34.2 Å². The minimum Gasteiger partial charge on any atom is -0.383 e. The van der Waals surface area contributed by atoms with E-state index in [0.717, 1.165) is 17.3 Å². The first-order chi connectivity index (χ1) is 9.09. The van der Waals surface area contributed by atoms with Crippen LogP contribution in [-0.4, -0.2) is 32.2 Å². The van der Waals surface area contributed by atoms with E-state index < -0.39 is 6.04 Å². The highest BCUT2D eigenvalue weighted by Gasteiger charge is 2.45. The Morgan fingerprint density at radius 3 is 2.70 bits per heavy atom. The third kappa shape index (κ3) is 3.95. The molecule has 3 N–H and O–H groups in total. The van der Waals surface area contributed by atoms with Crippen LogP contribution in [0.25, 0.3) is 0 Å². The average molecular weight is 364 g/mol. The van der Waals surface area contributed by atoms with Gasteiger partial charge in [-0.3, -0.25) is 4.79 Å². The lowest BCUT2D eigenvalue weighted by molar-refractivity contribution is -0.123. The van der Waals surface area contributed by atoms with Crippen molar-refractivity contribution < 1.29 is 9.53 Å². The molecule has 6 heteroatoms. The molecule has 1 aromatic carbocycles. The monoisotopic (exact) mass is 362 g/mol. The van der Waals surface area contributed by atoms with Gasteiger partial charge in [0.25, 0.3) is 0 Å². The van der Waals surface area contributed by atoms with Crippen molar-refractivity contribution in [3.05, 3.63) is 34.3 Å². The van der Waals surface area contributed by atoms with Crippen molar-refractivity contribution in [1.82, 2.24) is 5.32 Å². The first kappa shape index (κ1) is 17.4. The van der Waals surface area contributed by atoms with Crippen LogP contribution >= 0.6 is 28.3 Å². The summed E-state index contributed by atoms with van der Waals surface area (Å²) in [5.41, 5.74) is 7.03. The molecule has 0 radical (unpaired) electrons. The number of amides is 1. The zero-order chi connectivity index (χ0) is 13.9. The van der Waals surface area contributed by atoms with Crippen LogP contribution in [-0.2, 0) is 14.9 Å². The molecule has 1 fully saturated rings. The van der Waals surface area contributed by atoms with E-state index in [-0.39, 0.29) is 30.3 Å². The molecule has 0 aromatic heterocycles. The van der Waals surface area contributed by atoms with Gasteiger partial charge >= 0.3 is 0 Å². The maximum absolute atomic E-state index is 11.8. The largest absolute Gasteiger partial charge is 0.383 e. The normalized spacial score (nSPS) is 16.9. The summed E-state index contributed by atoms with van der Waals surface area (Å²) in [4.78, 5) is 11.8. The molecule has 20 heavy (non-hydrogen) atoms. The molecule has 1 unspecified atom stereocenters. The Balaban J connectivity index is 0.00000200. The summed E-state index contributed by atoms with van der Waals surface area (Å²) in [5.74, 6) is -0.153.